The lowest BCUT2D eigenvalue weighted by Gasteiger charge is -2.30. The first-order chi connectivity index (χ1) is 67.0. The summed E-state index contributed by atoms with van der Waals surface area (Å²) in [7, 11) is 0. The predicted molar refractivity (Wildman–Crippen MR) is 532 cm³/mol. The van der Waals surface area contributed by atoms with Gasteiger partial charge in [0, 0.05) is 90.9 Å². The molecule has 2 aliphatic heterocycles. The molecule has 19 aromatic rings. The molecule has 137 heavy (non-hydrogen) atoms. The Labute approximate surface area is 782 Å². The molecule has 0 fully saturated rings. The number of allylic oxidation sites excluding steroid dienone is 2. The van der Waals surface area contributed by atoms with E-state index in [-0.39, 0.29) is 45.8 Å². The number of amidine groups is 2. The van der Waals surface area contributed by atoms with Crippen LogP contribution in [-0.4, -0.2) is 21.6 Å². The largest absolute Gasteiger partial charge is 0.417 e. The Morgan fingerprint density at radius 2 is 0.635 bits per heavy atom. The molecule has 0 saturated heterocycles. The molecule has 0 radical (unpaired) electrons. The molecule has 2 aliphatic carbocycles. The molecule has 18 heteroatoms. The Hall–Kier alpha value is -18.6. The molecule has 0 saturated carbocycles. The van der Waals surface area contributed by atoms with Gasteiger partial charge in [0.05, 0.1) is 38.8 Å². The van der Waals surface area contributed by atoms with E-state index in [4.69, 9.17) is 15.0 Å². The van der Waals surface area contributed by atoms with Crippen molar-refractivity contribution >= 4 is 101 Å². The summed E-state index contributed by atoms with van der Waals surface area (Å²) in [6.45, 7) is 0. The number of nitrogens with zero attached hydrogens (tertiary/aromatic N) is 10. The molecule has 23 rings (SSSR count). The Bertz CT molecular complexity index is 8410. The Kier molecular flexibility index (Phi) is 20.0. The third-order valence-corrected chi connectivity index (χ3v) is 26.4. The summed E-state index contributed by atoms with van der Waals surface area (Å²) >= 11 is 0. The van der Waals surface area contributed by atoms with Crippen molar-refractivity contribution < 1.29 is 26.3 Å². The second-order valence-electron chi connectivity index (χ2n) is 33.9. The molecule has 2 N–H and O–H groups in total. The highest BCUT2D eigenvalue weighted by molar-refractivity contribution is 6.29. The second kappa shape index (κ2) is 33.0. The quantitative estimate of drug-likeness (QED) is 0.0538. The van der Waals surface area contributed by atoms with Gasteiger partial charge in [0.1, 0.15) is 35.9 Å². The van der Waals surface area contributed by atoms with E-state index in [1.54, 1.807) is 42.7 Å². The number of hydrogen-bond donors (Lipinski definition) is 2. The lowest BCUT2D eigenvalue weighted by molar-refractivity contribution is -0.142. The van der Waals surface area contributed by atoms with Crippen LogP contribution in [0.5, 0.6) is 0 Å². The van der Waals surface area contributed by atoms with E-state index in [0.717, 1.165) is 107 Å². The van der Waals surface area contributed by atoms with Crippen LogP contribution in [0.25, 0.3) is 122 Å². The van der Waals surface area contributed by atoms with Crippen molar-refractivity contribution in [1.29, 1.82) is 21.0 Å². The molecule has 2 aromatic heterocycles. The van der Waals surface area contributed by atoms with Crippen LogP contribution in [0, 0.1) is 45.3 Å². The number of halogens is 6. The predicted octanol–water partition coefficient (Wildman–Crippen LogP) is 30.8. The Morgan fingerprint density at radius 3 is 1.04 bits per heavy atom. The summed E-state index contributed by atoms with van der Waals surface area (Å²) in [6.07, 6.45) is -6.76. The van der Waals surface area contributed by atoms with Gasteiger partial charge < -0.3 is 20.4 Å². The van der Waals surface area contributed by atoms with Gasteiger partial charge >= 0.3 is 12.4 Å². The van der Waals surface area contributed by atoms with Crippen molar-refractivity contribution in [3.8, 4) is 113 Å². The van der Waals surface area contributed by atoms with Crippen LogP contribution in [0.15, 0.2) is 411 Å². The number of alkyl halides is 6. The number of aromatic nitrogens is 2. The van der Waals surface area contributed by atoms with Crippen molar-refractivity contribution in [3.63, 3.8) is 0 Å². The van der Waals surface area contributed by atoms with Gasteiger partial charge in [-0.15, -0.1) is 0 Å². The van der Waals surface area contributed by atoms with Crippen molar-refractivity contribution in [3.05, 3.63) is 467 Å². The normalized spacial score (nSPS) is 13.5. The van der Waals surface area contributed by atoms with Crippen molar-refractivity contribution in [2.24, 2.45) is 9.98 Å². The molecule has 646 valence electrons. The minimum absolute atomic E-state index is 0.0610. The summed E-state index contributed by atoms with van der Waals surface area (Å²) in [5.74, 6) is 1.20. The highest BCUT2D eigenvalue weighted by Crippen LogP contribution is 2.64. The van der Waals surface area contributed by atoms with Gasteiger partial charge in [-0.1, -0.05) is 273 Å². The van der Waals surface area contributed by atoms with E-state index in [9.17, 15) is 47.4 Å². The lowest BCUT2D eigenvalue weighted by atomic mass is 9.70. The maximum atomic E-state index is 14.5. The average Bonchev–Trinajstić information content (AvgIpc) is 1.50. The smallest absolute Gasteiger partial charge is 0.339 e. The first-order valence-electron chi connectivity index (χ1n) is 44.2. The number of pyridine rings is 2. The summed E-state index contributed by atoms with van der Waals surface area (Å²) < 4.78 is 84.7. The topological polar surface area (TPSA) is 176 Å². The first-order valence-corrected chi connectivity index (χ1v) is 44.2. The standard InChI is InChI=1S/C119H68F6N12/c120-118(121,122)84-42-56-96(108(64-84)119(123,124)125)92-58-60-110-112-99(92)23-14-25-101(112)116(133-110)135-114-81(66-127)62-83(70-131-114)76-35-49-88(50-36-76)137(86-45-31-74(32-46-86)72-17-5-2-6-18-72)90-53-39-78(40-54-90)103(68-129)102(67-128)77-37-51-89(52-38-77)136(85-43-29-73(30-44-85)71-15-3-1-4-16-71)87-47-33-75(34-48-87)82-61-80(65-126)113(130-69-82)134-115-100-24-13-22-98-91(57-59-109(132-115)111(98)100)79-41-55-97-95-21-9-12-28-106(95)117(107(97)63-79)104-26-10-7-19-93(104)94-20-8-11-27-105(94)117/h1-64,69-70H,(H,130,132,134)(H,131,133,135)/b103-102+. The van der Waals surface area contributed by atoms with E-state index in [2.05, 4.69) is 207 Å². The van der Waals surface area contributed by atoms with Gasteiger partial charge in [0.2, 0.25) is 0 Å². The van der Waals surface area contributed by atoms with Gasteiger partial charge in [0.15, 0.2) is 11.6 Å². The van der Waals surface area contributed by atoms with Crippen LogP contribution in [0.1, 0.15) is 66.8 Å². The van der Waals surface area contributed by atoms with E-state index < -0.39 is 34.5 Å². The summed E-state index contributed by atoms with van der Waals surface area (Å²) in [5.41, 5.74) is 25.0. The number of benzene rings is 17. The lowest BCUT2D eigenvalue weighted by Crippen LogP contribution is -2.25. The number of fused-ring (bicyclic) bond motifs is 10. The highest BCUT2D eigenvalue weighted by Gasteiger charge is 2.52. The minimum atomic E-state index is -5.10. The molecule has 4 heterocycles. The fourth-order valence-corrected chi connectivity index (χ4v) is 20.2. The second-order valence-corrected chi connectivity index (χ2v) is 33.9. The molecule has 17 aromatic carbocycles. The van der Waals surface area contributed by atoms with Gasteiger partial charge in [-0.3, -0.25) is 0 Å². The van der Waals surface area contributed by atoms with Crippen LogP contribution in [0.4, 0.5) is 83.5 Å². The zero-order valence-electron chi connectivity index (χ0n) is 72.3. The van der Waals surface area contributed by atoms with Crippen molar-refractivity contribution in [2.45, 2.75) is 17.8 Å². The molecule has 0 atom stereocenters. The van der Waals surface area contributed by atoms with Gasteiger partial charge in [-0.2, -0.15) is 47.4 Å². The zero-order valence-corrected chi connectivity index (χ0v) is 72.3. The number of hydrogen-bond acceptors (Lipinski definition) is 10. The third kappa shape index (κ3) is 14.1. The summed E-state index contributed by atoms with van der Waals surface area (Å²) in [5, 5.41) is 53.6. The molecule has 12 nitrogen and oxygen atoms in total. The van der Waals surface area contributed by atoms with Gasteiger partial charge in [-0.25, -0.2) is 20.0 Å². The van der Waals surface area contributed by atoms with Crippen LogP contribution >= 0.6 is 0 Å². The van der Waals surface area contributed by atoms with Gasteiger partial charge in [-0.05, 0) is 237 Å². The Morgan fingerprint density at radius 1 is 0.292 bits per heavy atom. The maximum absolute atomic E-state index is 14.5. The number of nitrogens with one attached hydrogen (secondary N) is 2. The molecule has 0 bridgehead atoms. The van der Waals surface area contributed by atoms with Crippen molar-refractivity contribution in [2.75, 3.05) is 20.4 Å². The van der Waals surface area contributed by atoms with E-state index in [0.29, 0.717) is 61.7 Å². The molecular formula is C119H68F6N12. The van der Waals surface area contributed by atoms with Crippen LogP contribution in [0.2, 0.25) is 0 Å². The molecule has 0 unspecified atom stereocenters. The number of nitriles is 4. The van der Waals surface area contributed by atoms with Crippen LogP contribution in [0.3, 0.4) is 0 Å². The fourth-order valence-electron chi connectivity index (χ4n) is 20.2. The van der Waals surface area contributed by atoms with Crippen LogP contribution < -0.4 is 20.4 Å². The fraction of sp³-hybridized carbons (Fsp3) is 0.0252. The monoisotopic (exact) mass is 1780 g/mol. The van der Waals surface area contributed by atoms with E-state index in [1.807, 2.05) is 176 Å². The molecular weight excluding hydrogens is 1710 g/mol. The minimum Gasteiger partial charge on any atom is -0.339 e. The number of aliphatic imine (C=N–C) groups is 2. The Balaban J connectivity index is 0.519. The summed E-state index contributed by atoms with van der Waals surface area (Å²) in [4.78, 5) is 23.6. The molecule has 1 spiro atoms. The van der Waals surface area contributed by atoms with Crippen LogP contribution in [-0.2, 0) is 17.8 Å². The molecule has 4 aliphatic rings. The first kappa shape index (κ1) is 82.8. The van der Waals surface area contributed by atoms with E-state index >= 15 is 0 Å². The SMILES string of the molecule is N#C/C(=C(/C#N)c1ccc(N(c2ccc(-c3ccccc3)cc2)c2ccc(-c3cnc(N=C4Nc5ccc(-c6ccc(C(F)(F)F)cc6C(F)(F)F)c6cccc4c56)c(C#N)c3)cc2)cc1)c1ccc(N(c2ccc(-c3ccccc3)cc2)c2ccc(-c3cnc(N=C4Nc5ccc(-c6ccc7c(c6)C6(c8ccccc8-c8ccccc86)c6ccccc6-7)c6cccc4c56)c(C#N)c3)cc2)cc1. The van der Waals surface area contributed by atoms with Gasteiger partial charge in [0.25, 0.3) is 0 Å². The number of anilines is 8. The number of rotatable bonds is 16. The average molecular weight is 1780 g/mol. The van der Waals surface area contributed by atoms with Crippen molar-refractivity contribution in [1.82, 2.24) is 9.97 Å². The highest BCUT2D eigenvalue weighted by atomic mass is 19.4. The zero-order chi connectivity index (χ0) is 93.0. The molecule has 0 amide bonds. The third-order valence-electron chi connectivity index (χ3n) is 26.4. The summed E-state index contributed by atoms with van der Waals surface area (Å²) in [6, 6.07) is 134. The maximum Gasteiger partial charge on any atom is 0.417 e. The van der Waals surface area contributed by atoms with E-state index in [1.165, 1.54) is 50.6 Å².